The summed E-state index contributed by atoms with van der Waals surface area (Å²) in [6, 6.07) is 16.1. The number of benzene rings is 2. The van der Waals surface area contributed by atoms with Gasteiger partial charge in [-0.05, 0) is 56.1 Å². The molecule has 1 fully saturated rings. The van der Waals surface area contributed by atoms with Crippen LogP contribution in [0, 0.1) is 0 Å². The lowest BCUT2D eigenvalue weighted by Crippen LogP contribution is -2.35. The highest BCUT2D eigenvalue weighted by Gasteiger charge is 2.22. The zero-order valence-electron chi connectivity index (χ0n) is 16.3. The van der Waals surface area contributed by atoms with Crippen LogP contribution in [-0.2, 0) is 6.42 Å². The van der Waals surface area contributed by atoms with Gasteiger partial charge in [0.2, 0.25) is 0 Å². The van der Waals surface area contributed by atoms with E-state index in [2.05, 4.69) is 35.2 Å². The van der Waals surface area contributed by atoms with E-state index in [1.807, 2.05) is 23.1 Å². The van der Waals surface area contributed by atoms with Gasteiger partial charge < -0.3 is 19.3 Å². The first-order valence-electron chi connectivity index (χ1n) is 10.2. The quantitative estimate of drug-likeness (QED) is 0.799. The topological polar surface area (TPSA) is 42.0 Å². The molecule has 28 heavy (non-hydrogen) atoms. The van der Waals surface area contributed by atoms with Crippen molar-refractivity contribution in [1.29, 1.82) is 0 Å². The molecule has 0 bridgehead atoms. The van der Waals surface area contributed by atoms with Crippen LogP contribution in [0.5, 0.6) is 11.5 Å². The number of fused-ring (bicyclic) bond motifs is 1. The highest BCUT2D eigenvalue weighted by molar-refractivity contribution is 5.95. The van der Waals surface area contributed by atoms with Gasteiger partial charge in [0.15, 0.2) is 11.5 Å². The molecule has 1 amide bonds. The minimum atomic E-state index is 0.0862. The minimum Gasteiger partial charge on any atom is -0.486 e. The molecule has 0 N–H and O–H groups in total. The predicted molar refractivity (Wildman–Crippen MR) is 109 cm³/mol. The van der Waals surface area contributed by atoms with Crippen molar-refractivity contribution < 1.29 is 14.3 Å². The van der Waals surface area contributed by atoms with Crippen LogP contribution in [0.1, 0.15) is 28.8 Å². The number of carbonyl (C=O) groups excluding carboxylic acids is 1. The standard InChI is InChI=1S/C23H28N2O3/c26-23(20-9-10-21-22(18-20)28-17-16-27-21)25-13-5-12-24(14-15-25)11-4-8-19-6-2-1-3-7-19/h1-3,6-7,9-10,18H,4-5,8,11-17H2. The van der Waals surface area contributed by atoms with Gasteiger partial charge in [0.1, 0.15) is 13.2 Å². The van der Waals surface area contributed by atoms with Gasteiger partial charge in [0.05, 0.1) is 0 Å². The Balaban J connectivity index is 1.29. The van der Waals surface area contributed by atoms with Gasteiger partial charge in [0.25, 0.3) is 5.91 Å². The summed E-state index contributed by atoms with van der Waals surface area (Å²) >= 11 is 0. The van der Waals surface area contributed by atoms with E-state index in [4.69, 9.17) is 9.47 Å². The average molecular weight is 380 g/mol. The molecule has 0 spiro atoms. The lowest BCUT2D eigenvalue weighted by Gasteiger charge is -2.23. The molecule has 0 atom stereocenters. The van der Waals surface area contributed by atoms with E-state index in [9.17, 15) is 4.79 Å². The summed E-state index contributed by atoms with van der Waals surface area (Å²) in [5.41, 5.74) is 2.08. The molecule has 5 nitrogen and oxygen atoms in total. The SMILES string of the molecule is O=C(c1ccc2c(c1)OCCO2)N1CCCN(CCCc2ccccc2)CC1. The van der Waals surface area contributed by atoms with Crippen molar-refractivity contribution in [3.63, 3.8) is 0 Å². The van der Waals surface area contributed by atoms with Crippen LogP contribution in [0.25, 0.3) is 0 Å². The van der Waals surface area contributed by atoms with Gasteiger partial charge in [-0.1, -0.05) is 30.3 Å². The number of hydrogen-bond donors (Lipinski definition) is 0. The first kappa shape index (κ1) is 18.8. The van der Waals surface area contributed by atoms with Crippen LogP contribution in [0.3, 0.4) is 0 Å². The number of nitrogens with zero attached hydrogens (tertiary/aromatic N) is 2. The number of hydrogen-bond acceptors (Lipinski definition) is 4. The summed E-state index contributed by atoms with van der Waals surface area (Å²) in [4.78, 5) is 17.4. The smallest absolute Gasteiger partial charge is 0.254 e. The molecule has 0 radical (unpaired) electrons. The van der Waals surface area contributed by atoms with Gasteiger partial charge in [-0.25, -0.2) is 0 Å². The van der Waals surface area contributed by atoms with Gasteiger partial charge in [-0.3, -0.25) is 4.79 Å². The molecular weight excluding hydrogens is 352 g/mol. The Kier molecular flexibility index (Phi) is 6.12. The Morgan fingerprint density at radius 1 is 0.893 bits per heavy atom. The van der Waals surface area contributed by atoms with Crippen LogP contribution in [0.2, 0.25) is 0 Å². The van der Waals surface area contributed by atoms with Crippen LogP contribution < -0.4 is 9.47 Å². The number of ether oxygens (including phenoxy) is 2. The van der Waals surface area contributed by atoms with Crippen LogP contribution in [0.4, 0.5) is 0 Å². The van der Waals surface area contributed by atoms with Crippen molar-refractivity contribution in [2.45, 2.75) is 19.3 Å². The Hall–Kier alpha value is -2.53. The van der Waals surface area contributed by atoms with E-state index in [0.29, 0.717) is 24.5 Å². The minimum absolute atomic E-state index is 0.0862. The number of carbonyl (C=O) groups is 1. The maximum atomic E-state index is 13.0. The second kappa shape index (κ2) is 9.11. The summed E-state index contributed by atoms with van der Waals surface area (Å²) in [5, 5.41) is 0. The Labute approximate surface area is 166 Å². The summed E-state index contributed by atoms with van der Waals surface area (Å²) < 4.78 is 11.2. The van der Waals surface area contributed by atoms with E-state index in [1.165, 1.54) is 5.56 Å². The Morgan fingerprint density at radius 2 is 1.71 bits per heavy atom. The van der Waals surface area contributed by atoms with E-state index in [-0.39, 0.29) is 5.91 Å². The molecular formula is C23H28N2O3. The number of aryl methyl sites for hydroxylation is 1. The highest BCUT2D eigenvalue weighted by atomic mass is 16.6. The van der Waals surface area contributed by atoms with Crippen molar-refractivity contribution in [1.82, 2.24) is 9.80 Å². The molecule has 2 aliphatic rings. The van der Waals surface area contributed by atoms with Crippen LogP contribution >= 0.6 is 0 Å². The Morgan fingerprint density at radius 3 is 2.57 bits per heavy atom. The molecule has 4 rings (SSSR count). The fourth-order valence-electron chi connectivity index (χ4n) is 3.91. The van der Waals surface area contributed by atoms with E-state index in [1.54, 1.807) is 0 Å². The molecule has 0 aliphatic carbocycles. The second-order valence-electron chi connectivity index (χ2n) is 7.43. The third kappa shape index (κ3) is 4.65. The first-order chi connectivity index (χ1) is 13.8. The molecule has 5 heteroatoms. The first-order valence-corrected chi connectivity index (χ1v) is 10.2. The van der Waals surface area contributed by atoms with Crippen LogP contribution in [0.15, 0.2) is 48.5 Å². The predicted octanol–water partition coefficient (Wildman–Crippen LogP) is 3.24. The van der Waals surface area contributed by atoms with Crippen LogP contribution in [-0.4, -0.2) is 61.6 Å². The maximum Gasteiger partial charge on any atom is 0.254 e. The summed E-state index contributed by atoms with van der Waals surface area (Å²) in [6.07, 6.45) is 3.28. The van der Waals surface area contributed by atoms with Gasteiger partial charge in [0, 0.05) is 25.2 Å². The summed E-state index contributed by atoms with van der Waals surface area (Å²) in [7, 11) is 0. The maximum absolute atomic E-state index is 13.0. The fourth-order valence-corrected chi connectivity index (χ4v) is 3.91. The van der Waals surface area contributed by atoms with Gasteiger partial charge >= 0.3 is 0 Å². The zero-order chi connectivity index (χ0) is 19.2. The largest absolute Gasteiger partial charge is 0.486 e. The number of rotatable bonds is 5. The molecule has 2 aliphatic heterocycles. The second-order valence-corrected chi connectivity index (χ2v) is 7.43. The van der Waals surface area contributed by atoms with E-state index >= 15 is 0 Å². The molecule has 2 aromatic carbocycles. The van der Waals surface area contributed by atoms with Crippen molar-refractivity contribution in [2.75, 3.05) is 45.9 Å². The third-order valence-electron chi connectivity index (χ3n) is 5.45. The molecule has 2 heterocycles. The van der Waals surface area contributed by atoms with Gasteiger partial charge in [-0.15, -0.1) is 0 Å². The van der Waals surface area contributed by atoms with Crippen molar-refractivity contribution >= 4 is 5.91 Å². The normalized spacial score (nSPS) is 17.2. The van der Waals surface area contributed by atoms with Gasteiger partial charge in [-0.2, -0.15) is 0 Å². The monoisotopic (exact) mass is 380 g/mol. The Bertz CT molecular complexity index is 794. The van der Waals surface area contributed by atoms with Crippen molar-refractivity contribution in [2.24, 2.45) is 0 Å². The third-order valence-corrected chi connectivity index (χ3v) is 5.45. The molecule has 0 unspecified atom stereocenters. The summed E-state index contributed by atoms with van der Waals surface area (Å²) in [6.45, 7) is 5.76. The molecule has 0 saturated carbocycles. The van der Waals surface area contributed by atoms with Crippen molar-refractivity contribution in [3.8, 4) is 11.5 Å². The zero-order valence-corrected chi connectivity index (χ0v) is 16.3. The average Bonchev–Trinajstić information content (AvgIpc) is 2.99. The molecule has 2 aromatic rings. The van der Waals surface area contributed by atoms with Crippen molar-refractivity contribution in [3.05, 3.63) is 59.7 Å². The summed E-state index contributed by atoms with van der Waals surface area (Å²) in [5.74, 6) is 1.49. The molecule has 148 valence electrons. The molecule has 1 saturated heterocycles. The van der Waals surface area contributed by atoms with E-state index in [0.717, 1.165) is 57.7 Å². The number of amides is 1. The highest BCUT2D eigenvalue weighted by Crippen LogP contribution is 2.31. The fraction of sp³-hybridized carbons (Fsp3) is 0.435. The molecule has 0 aromatic heterocycles. The lowest BCUT2D eigenvalue weighted by atomic mass is 10.1. The lowest BCUT2D eigenvalue weighted by molar-refractivity contribution is 0.0760. The van der Waals surface area contributed by atoms with E-state index < -0.39 is 0 Å².